The van der Waals surface area contributed by atoms with E-state index < -0.39 is 5.91 Å². The Morgan fingerprint density at radius 1 is 1.11 bits per heavy atom. The molecule has 0 atom stereocenters. The first-order valence-corrected chi connectivity index (χ1v) is 8.89. The van der Waals surface area contributed by atoms with Crippen molar-refractivity contribution in [1.82, 2.24) is 25.2 Å². The lowest BCUT2D eigenvalue weighted by Gasteiger charge is -2.03. The molecular weight excluding hydrogens is 354 g/mol. The molecule has 2 aromatic heterocycles. The molecule has 7 heteroatoms. The van der Waals surface area contributed by atoms with Crippen molar-refractivity contribution in [3.8, 4) is 17.1 Å². The van der Waals surface area contributed by atoms with E-state index in [4.69, 9.17) is 4.52 Å². The van der Waals surface area contributed by atoms with E-state index in [1.54, 1.807) is 4.68 Å². The van der Waals surface area contributed by atoms with Gasteiger partial charge in [-0.3, -0.25) is 4.79 Å². The van der Waals surface area contributed by atoms with Crippen molar-refractivity contribution in [2.75, 3.05) is 0 Å². The minimum atomic E-state index is -0.409. The van der Waals surface area contributed by atoms with Gasteiger partial charge >= 0.3 is 11.8 Å². The van der Waals surface area contributed by atoms with Crippen LogP contribution in [0.5, 0.6) is 0 Å². The second-order valence-electron chi connectivity index (χ2n) is 6.50. The first kappa shape index (κ1) is 17.7. The third-order valence-corrected chi connectivity index (χ3v) is 4.32. The first-order chi connectivity index (χ1) is 13.6. The molecule has 0 bridgehead atoms. The summed E-state index contributed by atoms with van der Waals surface area (Å²) in [6, 6.07) is 17.7. The van der Waals surface area contributed by atoms with E-state index in [0.717, 1.165) is 22.5 Å². The molecule has 0 aliphatic heterocycles. The SMILES string of the molecule is Cc1cccc(CNC(=O)c2nc(-c3cn(-c4ccccc4)nc3C)no2)c1. The molecule has 28 heavy (non-hydrogen) atoms. The molecule has 0 aliphatic rings. The van der Waals surface area contributed by atoms with Crippen LogP contribution in [0.25, 0.3) is 17.1 Å². The molecule has 0 radical (unpaired) electrons. The fraction of sp³-hybridized carbons (Fsp3) is 0.143. The molecule has 4 rings (SSSR count). The van der Waals surface area contributed by atoms with Gasteiger partial charge in [-0.25, -0.2) is 4.68 Å². The number of nitrogens with one attached hydrogen (secondary N) is 1. The maximum Gasteiger partial charge on any atom is 0.316 e. The van der Waals surface area contributed by atoms with E-state index in [1.165, 1.54) is 0 Å². The molecule has 2 heterocycles. The number of aromatic nitrogens is 4. The molecule has 7 nitrogen and oxygen atoms in total. The van der Waals surface area contributed by atoms with Gasteiger partial charge in [-0.1, -0.05) is 53.2 Å². The third-order valence-electron chi connectivity index (χ3n) is 4.32. The van der Waals surface area contributed by atoms with Crippen LogP contribution in [0, 0.1) is 13.8 Å². The summed E-state index contributed by atoms with van der Waals surface area (Å²) < 4.78 is 6.90. The van der Waals surface area contributed by atoms with Crippen molar-refractivity contribution in [2.45, 2.75) is 20.4 Å². The summed E-state index contributed by atoms with van der Waals surface area (Å²) in [5.74, 6) is -0.150. The first-order valence-electron chi connectivity index (χ1n) is 8.89. The molecule has 140 valence electrons. The molecule has 1 amide bonds. The van der Waals surface area contributed by atoms with Crippen molar-refractivity contribution in [3.63, 3.8) is 0 Å². The van der Waals surface area contributed by atoms with Crippen LogP contribution in [0.2, 0.25) is 0 Å². The normalized spacial score (nSPS) is 10.8. The van der Waals surface area contributed by atoms with Crippen molar-refractivity contribution in [3.05, 3.63) is 83.5 Å². The average Bonchev–Trinajstić information content (AvgIpc) is 3.34. The third kappa shape index (κ3) is 3.68. The van der Waals surface area contributed by atoms with Gasteiger partial charge in [-0.15, -0.1) is 0 Å². The summed E-state index contributed by atoms with van der Waals surface area (Å²) in [5.41, 5.74) is 4.53. The molecule has 0 saturated carbocycles. The Morgan fingerprint density at radius 2 is 1.93 bits per heavy atom. The summed E-state index contributed by atoms with van der Waals surface area (Å²) in [4.78, 5) is 16.6. The lowest BCUT2D eigenvalue weighted by Crippen LogP contribution is -2.23. The van der Waals surface area contributed by atoms with Crippen LogP contribution in [0.4, 0.5) is 0 Å². The van der Waals surface area contributed by atoms with Crippen LogP contribution in [-0.2, 0) is 6.54 Å². The number of aryl methyl sites for hydroxylation is 2. The Hall–Kier alpha value is -3.74. The van der Waals surface area contributed by atoms with Gasteiger partial charge in [0.05, 0.1) is 16.9 Å². The molecule has 4 aromatic rings. The largest absolute Gasteiger partial charge is 0.344 e. The van der Waals surface area contributed by atoms with E-state index in [2.05, 4.69) is 20.6 Å². The zero-order valence-corrected chi connectivity index (χ0v) is 15.6. The molecular formula is C21H19N5O2. The minimum absolute atomic E-state index is 0.0745. The number of nitrogens with zero attached hydrogens (tertiary/aromatic N) is 4. The predicted octanol–water partition coefficient (Wildman–Crippen LogP) is 3.47. The summed E-state index contributed by atoms with van der Waals surface area (Å²) in [6.07, 6.45) is 1.82. The smallest absolute Gasteiger partial charge is 0.316 e. The van der Waals surface area contributed by atoms with E-state index in [0.29, 0.717) is 17.9 Å². The van der Waals surface area contributed by atoms with E-state index in [9.17, 15) is 4.79 Å². The van der Waals surface area contributed by atoms with Gasteiger partial charge in [0.1, 0.15) is 0 Å². The van der Waals surface area contributed by atoms with E-state index in [-0.39, 0.29) is 5.89 Å². The highest BCUT2D eigenvalue weighted by Crippen LogP contribution is 2.21. The minimum Gasteiger partial charge on any atom is -0.344 e. The zero-order valence-electron chi connectivity index (χ0n) is 15.6. The second-order valence-corrected chi connectivity index (χ2v) is 6.50. The quantitative estimate of drug-likeness (QED) is 0.579. The number of benzene rings is 2. The fourth-order valence-electron chi connectivity index (χ4n) is 2.90. The van der Waals surface area contributed by atoms with Gasteiger partial charge in [0.2, 0.25) is 5.82 Å². The Kier molecular flexibility index (Phi) is 4.72. The van der Waals surface area contributed by atoms with Crippen molar-refractivity contribution < 1.29 is 9.32 Å². The van der Waals surface area contributed by atoms with Crippen LogP contribution < -0.4 is 5.32 Å². The molecule has 0 spiro atoms. The number of amides is 1. The van der Waals surface area contributed by atoms with E-state index >= 15 is 0 Å². The lowest BCUT2D eigenvalue weighted by molar-refractivity contribution is 0.0907. The number of rotatable bonds is 5. The van der Waals surface area contributed by atoms with Gasteiger partial charge < -0.3 is 9.84 Å². The summed E-state index contributed by atoms with van der Waals surface area (Å²) >= 11 is 0. The summed E-state index contributed by atoms with van der Waals surface area (Å²) in [6.45, 7) is 4.26. The zero-order chi connectivity index (χ0) is 19.5. The Morgan fingerprint density at radius 3 is 2.71 bits per heavy atom. The predicted molar refractivity (Wildman–Crippen MR) is 104 cm³/mol. The van der Waals surface area contributed by atoms with Crippen molar-refractivity contribution in [1.29, 1.82) is 0 Å². The second kappa shape index (κ2) is 7.48. The lowest BCUT2D eigenvalue weighted by atomic mass is 10.1. The van der Waals surface area contributed by atoms with Gasteiger partial charge in [-0.2, -0.15) is 10.1 Å². The Labute approximate surface area is 162 Å². The van der Waals surface area contributed by atoms with Crippen LogP contribution in [0.15, 0.2) is 65.3 Å². The fourth-order valence-corrected chi connectivity index (χ4v) is 2.90. The maximum atomic E-state index is 12.3. The van der Waals surface area contributed by atoms with Gasteiger partial charge in [0.15, 0.2) is 0 Å². The Balaban J connectivity index is 1.50. The van der Waals surface area contributed by atoms with Crippen molar-refractivity contribution in [2.24, 2.45) is 0 Å². The highest BCUT2D eigenvalue weighted by molar-refractivity contribution is 5.89. The van der Waals surface area contributed by atoms with Crippen LogP contribution in [0.1, 0.15) is 27.5 Å². The Bertz CT molecular complexity index is 1110. The molecule has 0 aliphatic carbocycles. The van der Waals surface area contributed by atoms with Crippen molar-refractivity contribution >= 4 is 5.91 Å². The van der Waals surface area contributed by atoms with E-state index in [1.807, 2.05) is 74.6 Å². The molecule has 2 aromatic carbocycles. The molecule has 0 fully saturated rings. The monoisotopic (exact) mass is 373 g/mol. The van der Waals surface area contributed by atoms with Gasteiger partial charge in [0, 0.05) is 12.7 Å². The standard InChI is InChI=1S/C21H19N5O2/c1-14-7-6-8-16(11-14)12-22-20(27)21-23-19(25-28-21)18-13-26(24-15(18)2)17-9-4-3-5-10-17/h3-11,13H,12H2,1-2H3,(H,22,27). The highest BCUT2D eigenvalue weighted by atomic mass is 16.5. The number of hydrogen-bond acceptors (Lipinski definition) is 5. The van der Waals surface area contributed by atoms with Crippen LogP contribution >= 0.6 is 0 Å². The summed E-state index contributed by atoms with van der Waals surface area (Å²) in [5, 5.41) is 11.2. The van der Waals surface area contributed by atoms with Crippen LogP contribution in [0.3, 0.4) is 0 Å². The number of carbonyl (C=O) groups excluding carboxylic acids is 1. The van der Waals surface area contributed by atoms with Gasteiger partial charge in [-0.05, 0) is 31.5 Å². The highest BCUT2D eigenvalue weighted by Gasteiger charge is 2.19. The number of para-hydroxylation sites is 1. The number of hydrogen-bond donors (Lipinski definition) is 1. The molecule has 1 N–H and O–H groups in total. The molecule has 0 unspecified atom stereocenters. The maximum absolute atomic E-state index is 12.3. The average molecular weight is 373 g/mol. The van der Waals surface area contributed by atoms with Crippen LogP contribution in [-0.4, -0.2) is 25.8 Å². The number of carbonyl (C=O) groups is 1. The topological polar surface area (TPSA) is 85.8 Å². The molecule has 0 saturated heterocycles. The van der Waals surface area contributed by atoms with Gasteiger partial charge in [0.25, 0.3) is 0 Å². The summed E-state index contributed by atoms with van der Waals surface area (Å²) in [7, 11) is 0.